The average Bonchev–Trinajstić information content (AvgIpc) is 2.50. The molecular weight excluding hydrogens is 393 g/mol. The second-order valence-electron chi connectivity index (χ2n) is 7.62. The summed E-state index contributed by atoms with van der Waals surface area (Å²) in [5.41, 5.74) is -0.447. The molecule has 0 aromatic carbocycles. The fraction of sp³-hybridized carbons (Fsp3) is 1.00. The molecule has 3 heterocycles. The lowest BCUT2D eigenvalue weighted by Gasteiger charge is -2.41. The Kier molecular flexibility index (Phi) is 6.49. The third kappa shape index (κ3) is 6.84. The summed E-state index contributed by atoms with van der Waals surface area (Å²) in [5, 5.41) is 0. The molecule has 0 aliphatic carbocycles. The molecule has 0 amide bonds. The van der Waals surface area contributed by atoms with Crippen LogP contribution in [0, 0.1) is 10.8 Å². The van der Waals surface area contributed by atoms with Crippen LogP contribution in [0.1, 0.15) is 13.8 Å². The summed E-state index contributed by atoms with van der Waals surface area (Å²) in [7, 11) is -8.45. The fourth-order valence-corrected chi connectivity index (χ4v) is 5.43. The summed E-state index contributed by atoms with van der Waals surface area (Å²) < 4.78 is 64.4. The third-order valence-electron chi connectivity index (χ3n) is 3.80. The highest BCUT2D eigenvalue weighted by Crippen LogP contribution is 2.56. The maximum Gasteiger partial charge on any atom is 0.327 e. The second kappa shape index (κ2) is 7.46. The molecule has 0 saturated carbocycles. The van der Waals surface area contributed by atoms with E-state index in [1.807, 2.05) is 13.8 Å². The van der Waals surface area contributed by atoms with Crippen molar-refractivity contribution in [1.82, 2.24) is 0 Å². The average molecular weight is 420 g/mol. The van der Waals surface area contributed by atoms with E-state index in [4.69, 9.17) is 27.1 Å². The van der Waals surface area contributed by atoms with E-state index in [1.54, 1.807) is 0 Å². The van der Waals surface area contributed by atoms with Gasteiger partial charge in [-0.2, -0.15) is 0 Å². The van der Waals surface area contributed by atoms with Crippen molar-refractivity contribution in [1.29, 1.82) is 0 Å². The lowest BCUT2D eigenvalue weighted by molar-refractivity contribution is -0.0666. The molecule has 9 nitrogen and oxygen atoms in total. The minimum atomic E-state index is -2.89. The van der Waals surface area contributed by atoms with E-state index in [0.717, 1.165) is 0 Å². The van der Waals surface area contributed by atoms with Gasteiger partial charge in [-0.3, -0.25) is 13.7 Å². The topological polar surface area (TPSA) is 107 Å². The molecule has 12 heteroatoms. The molecular formula is C13H27O9P3. The molecule has 0 unspecified atom stereocenters. The Bertz CT molecular complexity index is 557. The molecule has 3 aliphatic heterocycles. The van der Waals surface area contributed by atoms with E-state index >= 15 is 0 Å². The van der Waals surface area contributed by atoms with E-state index in [0.29, 0.717) is 13.2 Å². The zero-order valence-electron chi connectivity index (χ0n) is 15.3. The van der Waals surface area contributed by atoms with Gasteiger partial charge in [-0.15, -0.1) is 0 Å². The molecule has 0 N–H and O–H groups in total. The summed E-state index contributed by atoms with van der Waals surface area (Å²) in [5.74, 6) is 0. The Morgan fingerprint density at radius 2 is 0.800 bits per heavy atom. The van der Waals surface area contributed by atoms with Gasteiger partial charge in [-0.05, 0) is 0 Å². The number of hydrogen-bond acceptors (Lipinski definition) is 9. The van der Waals surface area contributed by atoms with Gasteiger partial charge in [0.2, 0.25) is 0 Å². The van der Waals surface area contributed by atoms with Crippen molar-refractivity contribution in [3.05, 3.63) is 0 Å². The first kappa shape index (κ1) is 21.7. The predicted molar refractivity (Wildman–Crippen MR) is 92.5 cm³/mol. The Morgan fingerprint density at radius 1 is 0.560 bits per heavy atom. The Labute approximate surface area is 148 Å². The highest BCUT2D eigenvalue weighted by atomic mass is 31.2. The SMILES string of the molecule is CC1(C)COP(C)(=O)OC1.CP1(=O)OCC2(CO1)COP(C)(=O)OC2. The van der Waals surface area contributed by atoms with Crippen molar-refractivity contribution in [3.63, 3.8) is 0 Å². The Morgan fingerprint density at radius 3 is 1.04 bits per heavy atom. The first-order chi connectivity index (χ1) is 11.2. The van der Waals surface area contributed by atoms with Crippen LogP contribution in [0.3, 0.4) is 0 Å². The second-order valence-corrected chi connectivity index (χ2v) is 13.8. The molecule has 3 fully saturated rings. The third-order valence-corrected chi connectivity index (χ3v) is 7.39. The lowest BCUT2D eigenvalue weighted by atomic mass is 9.93. The van der Waals surface area contributed by atoms with Crippen LogP contribution < -0.4 is 0 Å². The van der Waals surface area contributed by atoms with Gasteiger partial charge >= 0.3 is 22.8 Å². The van der Waals surface area contributed by atoms with Crippen molar-refractivity contribution < 1.29 is 40.8 Å². The van der Waals surface area contributed by atoms with Gasteiger partial charge in [-0.1, -0.05) is 13.8 Å². The molecule has 0 bridgehead atoms. The zero-order valence-corrected chi connectivity index (χ0v) is 17.9. The standard InChI is InChI=1S/C7H14O6P2.C6H13O3P/c1-14(8)10-3-7(4-11-14)5-12-15(2,9)13-6-7;1-6(2)4-8-10(3,7)9-5-6/h3-6H2,1-2H3;4-5H2,1-3H3. The predicted octanol–water partition coefficient (Wildman–Crippen LogP) is 3.59. The number of hydrogen-bond donors (Lipinski definition) is 0. The highest BCUT2D eigenvalue weighted by molar-refractivity contribution is 7.53. The van der Waals surface area contributed by atoms with E-state index in [2.05, 4.69) is 0 Å². The zero-order chi connectivity index (χ0) is 19.0. The van der Waals surface area contributed by atoms with Crippen molar-refractivity contribution in [2.75, 3.05) is 59.6 Å². The lowest BCUT2D eigenvalue weighted by Crippen LogP contribution is -2.45. The first-order valence-electron chi connectivity index (χ1n) is 7.84. The van der Waals surface area contributed by atoms with Gasteiger partial charge in [-0.25, -0.2) is 0 Å². The maximum absolute atomic E-state index is 11.4. The maximum atomic E-state index is 11.4. The Hall–Kier alpha value is 0.450. The van der Waals surface area contributed by atoms with E-state index < -0.39 is 28.2 Å². The molecule has 25 heavy (non-hydrogen) atoms. The van der Waals surface area contributed by atoms with Crippen LogP contribution in [-0.2, 0) is 40.8 Å². The van der Waals surface area contributed by atoms with Gasteiger partial charge in [0, 0.05) is 25.4 Å². The molecule has 148 valence electrons. The molecule has 0 aromatic rings. The Balaban J connectivity index is 0.000000196. The minimum absolute atomic E-state index is 0.0178. The molecule has 0 aromatic heterocycles. The van der Waals surface area contributed by atoms with Gasteiger partial charge in [0.25, 0.3) is 0 Å². The fourth-order valence-electron chi connectivity index (χ4n) is 2.00. The summed E-state index contributed by atoms with van der Waals surface area (Å²) in [4.78, 5) is 0. The van der Waals surface area contributed by atoms with Gasteiger partial charge in [0.1, 0.15) is 0 Å². The summed E-state index contributed by atoms with van der Waals surface area (Å²) in [6, 6.07) is 0. The van der Waals surface area contributed by atoms with Gasteiger partial charge < -0.3 is 27.1 Å². The summed E-state index contributed by atoms with van der Waals surface area (Å²) >= 11 is 0. The molecule has 0 atom stereocenters. The highest BCUT2D eigenvalue weighted by Gasteiger charge is 2.46. The van der Waals surface area contributed by atoms with Crippen LogP contribution in [0.4, 0.5) is 0 Å². The smallest absolute Gasteiger partial charge is 0.308 e. The van der Waals surface area contributed by atoms with Crippen LogP contribution in [0.5, 0.6) is 0 Å². The normalized spacial score (nSPS) is 43.1. The van der Waals surface area contributed by atoms with E-state index in [-0.39, 0.29) is 31.8 Å². The molecule has 0 radical (unpaired) electrons. The molecule has 3 saturated heterocycles. The van der Waals surface area contributed by atoms with E-state index in [9.17, 15) is 13.7 Å². The summed E-state index contributed by atoms with van der Waals surface area (Å²) in [6.45, 7) is 10.5. The van der Waals surface area contributed by atoms with Crippen molar-refractivity contribution in [2.24, 2.45) is 10.8 Å². The first-order valence-corrected chi connectivity index (χ1v) is 13.8. The van der Waals surface area contributed by atoms with Crippen LogP contribution >= 0.6 is 22.8 Å². The van der Waals surface area contributed by atoms with Crippen LogP contribution in [0.15, 0.2) is 0 Å². The molecule has 3 aliphatic rings. The van der Waals surface area contributed by atoms with Gasteiger partial charge in [0.05, 0.1) is 45.1 Å². The monoisotopic (exact) mass is 420 g/mol. The van der Waals surface area contributed by atoms with Crippen LogP contribution in [-0.4, -0.2) is 59.6 Å². The van der Waals surface area contributed by atoms with Gasteiger partial charge in [0.15, 0.2) is 0 Å². The van der Waals surface area contributed by atoms with Crippen molar-refractivity contribution in [2.45, 2.75) is 13.8 Å². The minimum Gasteiger partial charge on any atom is -0.308 e. The van der Waals surface area contributed by atoms with E-state index in [1.165, 1.54) is 20.0 Å². The van der Waals surface area contributed by atoms with Crippen molar-refractivity contribution in [3.8, 4) is 0 Å². The van der Waals surface area contributed by atoms with Crippen molar-refractivity contribution >= 4 is 22.8 Å². The largest absolute Gasteiger partial charge is 0.327 e. The molecule has 1 spiro atoms. The van der Waals surface area contributed by atoms with Crippen LogP contribution in [0.25, 0.3) is 0 Å². The van der Waals surface area contributed by atoms with Crippen LogP contribution in [0.2, 0.25) is 0 Å². The number of rotatable bonds is 0. The quantitative estimate of drug-likeness (QED) is 0.543. The summed E-state index contributed by atoms with van der Waals surface area (Å²) in [6.07, 6.45) is 0. The molecule has 3 rings (SSSR count).